The van der Waals surface area contributed by atoms with Crippen LogP contribution in [0.4, 0.5) is 5.82 Å². The van der Waals surface area contributed by atoms with Crippen molar-refractivity contribution in [3.8, 4) is 0 Å². The van der Waals surface area contributed by atoms with Crippen LogP contribution < -0.4 is 16.8 Å². The van der Waals surface area contributed by atoms with E-state index in [0.29, 0.717) is 12.2 Å². The molecule has 4 rings (SSSR count). The van der Waals surface area contributed by atoms with Crippen LogP contribution in [0.25, 0.3) is 21.3 Å². The zero-order chi connectivity index (χ0) is 24.8. The van der Waals surface area contributed by atoms with Gasteiger partial charge in [0.05, 0.1) is 15.7 Å². The molecule has 0 spiro atoms. The van der Waals surface area contributed by atoms with Crippen molar-refractivity contribution in [3.05, 3.63) is 52.7 Å². The number of fused-ring (bicyclic) bond motifs is 3. The summed E-state index contributed by atoms with van der Waals surface area (Å²) in [4.78, 5) is 20.2. The number of carboxylic acids is 1. The molecule has 6 N–H and O–H groups in total. The fourth-order valence-electron chi connectivity index (χ4n) is 4.27. The number of nitrogens with one attached hydrogen (secondary N) is 1. The monoisotopic (exact) mass is 494 g/mol. The first kappa shape index (κ1) is 25.1. The summed E-state index contributed by atoms with van der Waals surface area (Å²) in [6.07, 6.45) is 5.32. The number of rotatable bonds is 13. The number of hydrogen-bond acceptors (Lipinski definition) is 7. The number of nitrogen functional groups attached to an aromatic ring is 1. The number of aryl methyl sites for hydroxylation is 1. The van der Waals surface area contributed by atoms with E-state index < -0.39 is 12.0 Å². The van der Waals surface area contributed by atoms with Gasteiger partial charge in [-0.3, -0.25) is 4.79 Å². The first-order chi connectivity index (χ1) is 17.0. The number of nitrogens with zero attached hydrogens (tertiary/aromatic N) is 3. The predicted octanol–water partition coefficient (Wildman–Crippen LogP) is 4.29. The third kappa shape index (κ3) is 5.98. The predicted molar refractivity (Wildman–Crippen MR) is 143 cm³/mol. The minimum absolute atomic E-state index is 0.494. The Morgan fingerprint density at radius 3 is 2.66 bits per heavy atom. The zero-order valence-electron chi connectivity index (χ0n) is 20.2. The standard InChI is InChI=1S/C26H34N6O2S/c1-2-3-7-21-31-22-23(24-20(12-14-35-24)30-25(22)28)32(21)16-18-10-8-17(9-11-18)15-29-13-5-4-6-19(27)26(33)34/h8-12,14,19,29H,2-7,13,15-16,27H2,1H3,(H2,28,30)(H,33,34). The quantitative estimate of drug-likeness (QED) is 0.204. The second-order valence-corrected chi connectivity index (χ2v) is 9.90. The summed E-state index contributed by atoms with van der Waals surface area (Å²) >= 11 is 1.68. The number of aromatic nitrogens is 3. The number of thiophene rings is 1. The van der Waals surface area contributed by atoms with Crippen molar-refractivity contribution in [2.75, 3.05) is 12.3 Å². The highest BCUT2D eigenvalue weighted by atomic mass is 32.1. The second-order valence-electron chi connectivity index (χ2n) is 8.98. The number of imidazole rings is 1. The van der Waals surface area contributed by atoms with E-state index in [-0.39, 0.29) is 0 Å². The van der Waals surface area contributed by atoms with E-state index in [9.17, 15) is 4.79 Å². The van der Waals surface area contributed by atoms with Crippen molar-refractivity contribution >= 4 is 44.4 Å². The van der Waals surface area contributed by atoms with Crippen molar-refractivity contribution < 1.29 is 9.90 Å². The Kier molecular flexibility index (Phi) is 8.33. The summed E-state index contributed by atoms with van der Waals surface area (Å²) in [6.45, 7) is 4.54. The van der Waals surface area contributed by atoms with Crippen LogP contribution in [0, 0.1) is 0 Å². The Labute approximate surface area is 209 Å². The van der Waals surface area contributed by atoms with Crippen LogP contribution in [-0.2, 0) is 24.3 Å². The third-order valence-corrected chi connectivity index (χ3v) is 7.18. The largest absolute Gasteiger partial charge is 0.480 e. The van der Waals surface area contributed by atoms with Crippen molar-refractivity contribution in [1.82, 2.24) is 19.9 Å². The minimum Gasteiger partial charge on any atom is -0.480 e. The van der Waals surface area contributed by atoms with Crippen LogP contribution in [0.1, 0.15) is 56.0 Å². The average Bonchev–Trinajstić information content (AvgIpc) is 3.45. The number of unbranched alkanes of at least 4 members (excludes halogenated alkanes) is 2. The number of carboxylic acid groups (broad SMARTS) is 1. The summed E-state index contributed by atoms with van der Waals surface area (Å²) in [5.74, 6) is 0.623. The van der Waals surface area contributed by atoms with Gasteiger partial charge >= 0.3 is 5.97 Å². The number of aliphatic carboxylic acids is 1. The molecule has 8 nitrogen and oxygen atoms in total. The SMILES string of the molecule is CCCCc1nc2c(N)nc3ccsc3c2n1Cc1ccc(CNCCCCC(N)C(=O)O)cc1. The van der Waals surface area contributed by atoms with Gasteiger partial charge in [0, 0.05) is 19.5 Å². The number of hydrogen-bond donors (Lipinski definition) is 4. The number of nitrogens with two attached hydrogens (primary N) is 2. The Balaban J connectivity index is 1.43. The molecule has 0 aliphatic rings. The Morgan fingerprint density at radius 2 is 1.91 bits per heavy atom. The van der Waals surface area contributed by atoms with Crippen molar-refractivity contribution in [3.63, 3.8) is 0 Å². The van der Waals surface area contributed by atoms with Crippen molar-refractivity contribution in [2.45, 2.75) is 64.6 Å². The second kappa shape index (κ2) is 11.6. The molecule has 0 bridgehead atoms. The van der Waals surface area contributed by atoms with Gasteiger partial charge in [-0.05, 0) is 48.4 Å². The van der Waals surface area contributed by atoms with E-state index in [4.69, 9.17) is 21.6 Å². The third-order valence-electron chi connectivity index (χ3n) is 6.27. The maximum absolute atomic E-state index is 10.8. The molecule has 0 fully saturated rings. The molecule has 1 atom stereocenters. The van der Waals surface area contributed by atoms with Gasteiger partial charge in [-0.15, -0.1) is 11.3 Å². The van der Waals surface area contributed by atoms with Gasteiger partial charge in [-0.1, -0.05) is 44.0 Å². The molecular formula is C26H34N6O2S. The van der Waals surface area contributed by atoms with Gasteiger partial charge < -0.3 is 26.5 Å². The van der Waals surface area contributed by atoms with Gasteiger partial charge in [-0.25, -0.2) is 9.97 Å². The van der Waals surface area contributed by atoms with E-state index in [0.717, 1.165) is 78.8 Å². The lowest BCUT2D eigenvalue weighted by atomic mass is 10.1. The summed E-state index contributed by atoms with van der Waals surface area (Å²) in [7, 11) is 0. The molecular weight excluding hydrogens is 460 g/mol. The molecule has 3 heterocycles. The zero-order valence-corrected chi connectivity index (χ0v) is 21.0. The molecule has 0 radical (unpaired) electrons. The van der Waals surface area contributed by atoms with Crippen LogP contribution in [0.5, 0.6) is 0 Å². The maximum atomic E-state index is 10.8. The molecule has 0 amide bonds. The highest BCUT2D eigenvalue weighted by molar-refractivity contribution is 7.18. The van der Waals surface area contributed by atoms with E-state index in [1.54, 1.807) is 11.3 Å². The molecule has 1 aromatic carbocycles. The van der Waals surface area contributed by atoms with Crippen LogP contribution in [-0.4, -0.2) is 38.2 Å². The van der Waals surface area contributed by atoms with Crippen molar-refractivity contribution in [1.29, 1.82) is 0 Å². The average molecular weight is 495 g/mol. The smallest absolute Gasteiger partial charge is 0.320 e. The van der Waals surface area contributed by atoms with Crippen LogP contribution in [0.15, 0.2) is 35.7 Å². The van der Waals surface area contributed by atoms with Gasteiger partial charge in [0.1, 0.15) is 17.4 Å². The van der Waals surface area contributed by atoms with Gasteiger partial charge in [0.15, 0.2) is 5.82 Å². The molecule has 0 saturated carbocycles. The number of carbonyl (C=O) groups is 1. The molecule has 3 aromatic heterocycles. The Bertz CT molecular complexity index is 1280. The van der Waals surface area contributed by atoms with Crippen molar-refractivity contribution in [2.24, 2.45) is 5.73 Å². The van der Waals surface area contributed by atoms with Crippen LogP contribution in [0.3, 0.4) is 0 Å². The number of pyridine rings is 1. The highest BCUT2D eigenvalue weighted by Gasteiger charge is 2.18. The molecule has 1 unspecified atom stereocenters. The molecule has 186 valence electrons. The highest BCUT2D eigenvalue weighted by Crippen LogP contribution is 2.33. The Hall–Kier alpha value is -3.01. The lowest BCUT2D eigenvalue weighted by Gasteiger charge is -2.11. The van der Waals surface area contributed by atoms with E-state index in [1.807, 2.05) is 6.07 Å². The lowest BCUT2D eigenvalue weighted by Crippen LogP contribution is -2.30. The summed E-state index contributed by atoms with van der Waals surface area (Å²) in [5.41, 5.74) is 17.1. The number of benzene rings is 1. The molecule has 4 aromatic rings. The van der Waals surface area contributed by atoms with Crippen LogP contribution >= 0.6 is 11.3 Å². The molecule has 9 heteroatoms. The molecule has 0 aliphatic carbocycles. The fraction of sp³-hybridized carbons (Fsp3) is 0.423. The topological polar surface area (TPSA) is 132 Å². The molecule has 0 aliphatic heterocycles. The molecule has 35 heavy (non-hydrogen) atoms. The van der Waals surface area contributed by atoms with Crippen LogP contribution in [0.2, 0.25) is 0 Å². The minimum atomic E-state index is -0.931. The lowest BCUT2D eigenvalue weighted by molar-refractivity contribution is -0.138. The first-order valence-electron chi connectivity index (χ1n) is 12.3. The summed E-state index contributed by atoms with van der Waals surface area (Å²) in [5, 5.41) is 14.3. The summed E-state index contributed by atoms with van der Waals surface area (Å²) in [6, 6.07) is 9.92. The fourth-order valence-corrected chi connectivity index (χ4v) is 5.16. The first-order valence-corrected chi connectivity index (χ1v) is 13.1. The van der Waals surface area contributed by atoms with E-state index in [1.165, 1.54) is 11.1 Å². The number of anilines is 1. The normalized spacial score (nSPS) is 12.5. The molecule has 0 saturated heterocycles. The van der Waals surface area contributed by atoms with Gasteiger partial charge in [0.2, 0.25) is 0 Å². The van der Waals surface area contributed by atoms with Gasteiger partial charge in [-0.2, -0.15) is 0 Å². The van der Waals surface area contributed by atoms with Gasteiger partial charge in [0.25, 0.3) is 0 Å². The Morgan fingerprint density at radius 1 is 1.14 bits per heavy atom. The summed E-state index contributed by atoms with van der Waals surface area (Å²) < 4.78 is 3.45. The van der Waals surface area contributed by atoms with E-state index in [2.05, 4.69) is 51.4 Å². The van der Waals surface area contributed by atoms with E-state index >= 15 is 0 Å². The maximum Gasteiger partial charge on any atom is 0.320 e.